The summed E-state index contributed by atoms with van der Waals surface area (Å²) in [6.45, 7) is 6.61. The molecule has 1 aromatic heterocycles. The lowest BCUT2D eigenvalue weighted by atomic mass is 10.0. The van der Waals surface area contributed by atoms with Crippen LogP contribution in [0.1, 0.15) is 54.6 Å². The molecule has 1 heterocycles. The van der Waals surface area contributed by atoms with Crippen LogP contribution in [0.15, 0.2) is 53.4 Å². The summed E-state index contributed by atoms with van der Waals surface area (Å²) in [5.74, 6) is -0.0564. The van der Waals surface area contributed by atoms with Gasteiger partial charge in [-0.2, -0.15) is 5.26 Å². The number of thiophene rings is 1. The number of rotatable bonds is 12. The summed E-state index contributed by atoms with van der Waals surface area (Å²) in [5, 5.41) is 14.6. The van der Waals surface area contributed by atoms with Crippen molar-refractivity contribution in [2.75, 3.05) is 25.6 Å². The summed E-state index contributed by atoms with van der Waals surface area (Å²) in [6.07, 6.45) is 4.60. The Bertz CT molecular complexity index is 1340. The number of esters is 1. The molecule has 0 aliphatic carbocycles. The second-order valence-corrected chi connectivity index (χ2v) is 9.41. The number of aryl methyl sites for hydroxylation is 1. The molecule has 2 aromatic carbocycles. The Balaban J connectivity index is 1.86. The van der Waals surface area contributed by atoms with Crippen molar-refractivity contribution in [3.05, 3.63) is 70.1 Å². The van der Waals surface area contributed by atoms with E-state index in [1.807, 2.05) is 37.3 Å². The summed E-state index contributed by atoms with van der Waals surface area (Å²) in [4.78, 5) is 25.9. The average Bonchev–Trinajstić information content (AvgIpc) is 3.34. The topological polar surface area (TPSA) is 97.7 Å². The van der Waals surface area contributed by atoms with Gasteiger partial charge in [-0.25, -0.2) is 4.79 Å². The third kappa shape index (κ3) is 7.24. The van der Waals surface area contributed by atoms with Crippen LogP contribution in [0.2, 0.25) is 0 Å². The van der Waals surface area contributed by atoms with Gasteiger partial charge in [-0.3, -0.25) is 4.79 Å². The average molecular weight is 533 g/mol. The van der Waals surface area contributed by atoms with E-state index >= 15 is 0 Å². The highest BCUT2D eigenvalue weighted by molar-refractivity contribution is 7.15. The van der Waals surface area contributed by atoms with E-state index in [9.17, 15) is 14.9 Å². The molecule has 0 spiro atoms. The predicted octanol–water partition coefficient (Wildman–Crippen LogP) is 7.02. The van der Waals surface area contributed by atoms with Crippen molar-refractivity contribution in [1.29, 1.82) is 5.26 Å². The number of nitrogens with one attached hydrogen (secondary N) is 1. The minimum atomic E-state index is -0.630. The van der Waals surface area contributed by atoms with E-state index in [1.165, 1.54) is 17.4 Å². The largest absolute Gasteiger partial charge is 0.493 e. The Hall–Kier alpha value is -4.09. The first kappa shape index (κ1) is 28.5. The normalized spacial score (nSPS) is 11.0. The van der Waals surface area contributed by atoms with Crippen LogP contribution >= 0.6 is 11.3 Å². The molecule has 0 atom stereocenters. The van der Waals surface area contributed by atoms with Crippen LogP contribution < -0.4 is 14.8 Å². The van der Waals surface area contributed by atoms with E-state index in [-0.39, 0.29) is 17.7 Å². The third-order valence-electron chi connectivity index (χ3n) is 5.73. The Labute approximate surface area is 227 Å². The molecule has 0 saturated heterocycles. The highest BCUT2D eigenvalue weighted by atomic mass is 32.1. The number of amides is 1. The molecule has 3 aromatic rings. The fraction of sp³-hybridized carbons (Fsp3) is 0.300. The monoisotopic (exact) mass is 532 g/mol. The highest BCUT2D eigenvalue weighted by Crippen LogP contribution is 2.37. The van der Waals surface area contributed by atoms with Crippen molar-refractivity contribution in [3.63, 3.8) is 0 Å². The molecule has 8 heteroatoms. The standard InChI is InChI=1S/C30H32N2O5S/c1-5-7-8-15-37-25-14-11-21(17-26(25)35-4)16-23(18-31)28(33)32-29-27(30(34)36-6-2)24(19-38-29)22-12-9-20(3)10-13-22/h9-14,16-17,19H,5-8,15H2,1-4H3,(H,32,33)/b23-16+. The molecule has 0 fully saturated rings. The molecule has 0 aliphatic rings. The number of methoxy groups -OCH3 is 1. The number of nitrogens with zero attached hydrogens (tertiary/aromatic N) is 1. The lowest BCUT2D eigenvalue weighted by molar-refractivity contribution is -0.112. The molecule has 3 rings (SSSR count). The molecule has 0 radical (unpaired) electrons. The zero-order valence-electron chi connectivity index (χ0n) is 22.1. The molecule has 1 N–H and O–H groups in total. The van der Waals surface area contributed by atoms with Crippen molar-refractivity contribution < 1.29 is 23.8 Å². The molecular weight excluding hydrogens is 500 g/mol. The van der Waals surface area contributed by atoms with Crippen molar-refractivity contribution in [3.8, 4) is 28.7 Å². The van der Waals surface area contributed by atoms with Crippen molar-refractivity contribution in [1.82, 2.24) is 0 Å². The van der Waals surface area contributed by atoms with E-state index < -0.39 is 11.9 Å². The van der Waals surface area contributed by atoms with Crippen LogP contribution in [-0.4, -0.2) is 32.2 Å². The summed E-state index contributed by atoms with van der Waals surface area (Å²) in [7, 11) is 1.54. The van der Waals surface area contributed by atoms with Gasteiger partial charge in [0.25, 0.3) is 5.91 Å². The molecule has 1 amide bonds. The molecule has 0 aliphatic heterocycles. The Kier molecular flexibility index (Phi) is 10.5. The van der Waals surface area contributed by atoms with Gasteiger partial charge in [0.05, 0.1) is 20.3 Å². The quantitative estimate of drug-likeness (QED) is 0.116. The maximum atomic E-state index is 13.1. The third-order valence-corrected chi connectivity index (χ3v) is 6.62. The zero-order valence-corrected chi connectivity index (χ0v) is 22.9. The van der Waals surface area contributed by atoms with Gasteiger partial charge < -0.3 is 19.5 Å². The van der Waals surface area contributed by atoms with Gasteiger partial charge in [-0.05, 0) is 49.6 Å². The van der Waals surface area contributed by atoms with Gasteiger partial charge in [-0.1, -0.05) is 55.7 Å². The smallest absolute Gasteiger partial charge is 0.341 e. The molecule has 7 nitrogen and oxygen atoms in total. The molecule has 0 unspecified atom stereocenters. The maximum Gasteiger partial charge on any atom is 0.341 e. The van der Waals surface area contributed by atoms with Gasteiger partial charge in [-0.15, -0.1) is 11.3 Å². The van der Waals surface area contributed by atoms with Gasteiger partial charge in [0.2, 0.25) is 0 Å². The van der Waals surface area contributed by atoms with Crippen molar-refractivity contribution >= 4 is 34.3 Å². The molecule has 198 valence electrons. The first-order chi connectivity index (χ1) is 18.4. The van der Waals surface area contributed by atoms with Crippen LogP contribution in [0.25, 0.3) is 17.2 Å². The maximum absolute atomic E-state index is 13.1. The predicted molar refractivity (Wildman–Crippen MR) is 151 cm³/mol. The van der Waals surface area contributed by atoms with E-state index in [4.69, 9.17) is 14.2 Å². The number of hydrogen-bond donors (Lipinski definition) is 1. The summed E-state index contributed by atoms with van der Waals surface area (Å²) >= 11 is 1.20. The fourth-order valence-corrected chi connectivity index (χ4v) is 4.67. The minimum absolute atomic E-state index is 0.122. The SMILES string of the molecule is CCCCCOc1ccc(/C=C(\C#N)C(=O)Nc2scc(-c3ccc(C)cc3)c2C(=O)OCC)cc1OC. The highest BCUT2D eigenvalue weighted by Gasteiger charge is 2.24. The number of hydrogen-bond acceptors (Lipinski definition) is 7. The van der Waals surface area contributed by atoms with Gasteiger partial charge >= 0.3 is 5.97 Å². The van der Waals surface area contributed by atoms with Crippen LogP contribution in [0.3, 0.4) is 0 Å². The number of anilines is 1. The molecule has 38 heavy (non-hydrogen) atoms. The number of carbonyl (C=O) groups excluding carboxylic acids is 2. The Morgan fingerprint density at radius 2 is 1.84 bits per heavy atom. The first-order valence-electron chi connectivity index (χ1n) is 12.5. The Morgan fingerprint density at radius 1 is 1.08 bits per heavy atom. The summed E-state index contributed by atoms with van der Waals surface area (Å²) in [6, 6.07) is 14.9. The van der Waals surface area contributed by atoms with Gasteiger partial charge in [0, 0.05) is 10.9 Å². The lowest BCUT2D eigenvalue weighted by Gasteiger charge is -2.11. The zero-order chi connectivity index (χ0) is 27.5. The fourth-order valence-electron chi connectivity index (χ4n) is 3.71. The van der Waals surface area contributed by atoms with Crippen LogP contribution in [-0.2, 0) is 9.53 Å². The van der Waals surface area contributed by atoms with E-state index in [0.717, 1.165) is 30.4 Å². The van der Waals surface area contributed by atoms with Crippen LogP contribution in [0.5, 0.6) is 11.5 Å². The van der Waals surface area contributed by atoms with Crippen LogP contribution in [0.4, 0.5) is 5.00 Å². The number of carbonyl (C=O) groups is 2. The molecular formula is C30H32N2O5S. The van der Waals surface area contributed by atoms with Crippen molar-refractivity contribution in [2.45, 2.75) is 40.0 Å². The van der Waals surface area contributed by atoms with Gasteiger partial charge in [0.15, 0.2) is 11.5 Å². The van der Waals surface area contributed by atoms with Crippen molar-refractivity contribution in [2.24, 2.45) is 0 Å². The second kappa shape index (κ2) is 14.0. The summed E-state index contributed by atoms with van der Waals surface area (Å²) < 4.78 is 16.5. The van der Waals surface area contributed by atoms with E-state index in [2.05, 4.69) is 12.2 Å². The first-order valence-corrected chi connectivity index (χ1v) is 13.4. The number of unbranched alkanes of at least 4 members (excludes halogenated alkanes) is 2. The van der Waals surface area contributed by atoms with Crippen LogP contribution in [0, 0.1) is 18.3 Å². The van der Waals surface area contributed by atoms with E-state index in [1.54, 1.807) is 37.6 Å². The minimum Gasteiger partial charge on any atom is -0.493 e. The lowest BCUT2D eigenvalue weighted by Crippen LogP contribution is -2.16. The molecule has 0 bridgehead atoms. The molecule has 0 saturated carbocycles. The number of nitriles is 1. The number of benzene rings is 2. The Morgan fingerprint density at radius 3 is 2.50 bits per heavy atom. The summed E-state index contributed by atoms with van der Waals surface area (Å²) in [5.41, 5.74) is 3.32. The van der Waals surface area contributed by atoms with E-state index in [0.29, 0.717) is 34.2 Å². The second-order valence-electron chi connectivity index (χ2n) is 8.53. The van der Waals surface area contributed by atoms with Gasteiger partial charge in [0.1, 0.15) is 22.2 Å². The number of ether oxygens (including phenoxy) is 3.